The molecule has 1 spiro atoms. The molecule has 1 heteroatoms. The van der Waals surface area contributed by atoms with Crippen LogP contribution in [-0.4, -0.2) is 0 Å². The summed E-state index contributed by atoms with van der Waals surface area (Å²) in [6, 6.07) is 11.5. The molecule has 0 aliphatic heterocycles. The monoisotopic (exact) mass is 267 g/mol. The van der Waals surface area contributed by atoms with Crippen LogP contribution in [0.25, 0.3) is 0 Å². The number of rotatable bonds is 2. The molecule has 0 amide bonds. The van der Waals surface area contributed by atoms with Crippen molar-refractivity contribution < 1.29 is 0 Å². The number of benzene rings is 1. The fourth-order valence-electron chi connectivity index (χ4n) is 4.42. The molecule has 0 N–H and O–H groups in total. The first-order valence-electron chi connectivity index (χ1n) is 8.11. The Morgan fingerprint density at radius 1 is 1.00 bits per heavy atom. The van der Waals surface area contributed by atoms with E-state index in [0.717, 1.165) is 12.8 Å². The first-order valence-corrected chi connectivity index (χ1v) is 8.11. The van der Waals surface area contributed by atoms with Crippen molar-refractivity contribution in [2.75, 3.05) is 0 Å². The summed E-state index contributed by atoms with van der Waals surface area (Å²) < 4.78 is 0. The van der Waals surface area contributed by atoms with Gasteiger partial charge in [0, 0.05) is 0 Å². The molecular formula is C19H25N. The highest BCUT2D eigenvalue weighted by Gasteiger charge is 2.55. The Bertz CT molecular complexity index is 504. The third-order valence-electron chi connectivity index (χ3n) is 5.61. The second-order valence-electron chi connectivity index (χ2n) is 7.38. The zero-order valence-electron chi connectivity index (χ0n) is 12.8. The van der Waals surface area contributed by atoms with Gasteiger partial charge in [-0.05, 0) is 48.1 Å². The molecule has 1 aromatic rings. The van der Waals surface area contributed by atoms with Gasteiger partial charge in [-0.1, -0.05) is 57.4 Å². The van der Waals surface area contributed by atoms with Crippen LogP contribution in [0.4, 0.5) is 0 Å². The molecule has 2 saturated carbocycles. The third-order valence-corrected chi connectivity index (χ3v) is 5.61. The molecule has 0 saturated heterocycles. The van der Waals surface area contributed by atoms with Crippen molar-refractivity contribution in [1.29, 1.82) is 5.26 Å². The van der Waals surface area contributed by atoms with Crippen molar-refractivity contribution in [3.8, 4) is 6.07 Å². The van der Waals surface area contributed by atoms with E-state index in [9.17, 15) is 5.26 Å². The molecule has 0 aromatic heterocycles. The van der Waals surface area contributed by atoms with E-state index in [4.69, 9.17) is 0 Å². The number of hydrogen-bond donors (Lipinski definition) is 0. The molecule has 0 atom stereocenters. The lowest BCUT2D eigenvalue weighted by Gasteiger charge is -2.55. The SMILES string of the molecule is CC(C)c1ccc(C2(C#N)CC3(CCCCC3)C2)cc1. The minimum absolute atomic E-state index is 0.188. The Hall–Kier alpha value is -1.29. The van der Waals surface area contributed by atoms with Gasteiger partial charge in [-0.25, -0.2) is 0 Å². The van der Waals surface area contributed by atoms with E-state index in [1.54, 1.807) is 0 Å². The van der Waals surface area contributed by atoms with Crippen LogP contribution < -0.4 is 0 Å². The highest BCUT2D eigenvalue weighted by molar-refractivity contribution is 5.39. The van der Waals surface area contributed by atoms with E-state index >= 15 is 0 Å². The number of nitrogens with zero attached hydrogens (tertiary/aromatic N) is 1. The number of hydrogen-bond acceptors (Lipinski definition) is 1. The van der Waals surface area contributed by atoms with Crippen molar-refractivity contribution in [3.05, 3.63) is 35.4 Å². The molecule has 0 unspecified atom stereocenters. The lowest BCUT2D eigenvalue weighted by atomic mass is 9.47. The van der Waals surface area contributed by atoms with Crippen molar-refractivity contribution in [1.82, 2.24) is 0 Å². The van der Waals surface area contributed by atoms with Gasteiger partial charge in [0.1, 0.15) is 0 Å². The molecule has 1 aromatic carbocycles. The topological polar surface area (TPSA) is 23.8 Å². The van der Waals surface area contributed by atoms with Gasteiger partial charge in [-0.3, -0.25) is 0 Å². The third kappa shape index (κ3) is 2.16. The lowest BCUT2D eigenvalue weighted by molar-refractivity contribution is 0.0168. The predicted molar refractivity (Wildman–Crippen MR) is 82.6 cm³/mol. The van der Waals surface area contributed by atoms with Crippen LogP contribution in [0, 0.1) is 16.7 Å². The largest absolute Gasteiger partial charge is 0.197 e. The van der Waals surface area contributed by atoms with E-state index in [1.807, 2.05) is 0 Å². The minimum atomic E-state index is -0.188. The molecule has 0 bridgehead atoms. The smallest absolute Gasteiger partial charge is 0.0833 e. The molecule has 2 aliphatic carbocycles. The summed E-state index contributed by atoms with van der Waals surface area (Å²) in [4.78, 5) is 0. The van der Waals surface area contributed by atoms with E-state index in [1.165, 1.54) is 43.2 Å². The average molecular weight is 267 g/mol. The van der Waals surface area contributed by atoms with Gasteiger partial charge in [0.25, 0.3) is 0 Å². The van der Waals surface area contributed by atoms with E-state index in [-0.39, 0.29) is 5.41 Å². The second-order valence-corrected chi connectivity index (χ2v) is 7.38. The number of nitriles is 1. The van der Waals surface area contributed by atoms with Crippen molar-refractivity contribution in [2.24, 2.45) is 5.41 Å². The lowest BCUT2D eigenvalue weighted by Crippen LogP contribution is -2.49. The van der Waals surface area contributed by atoms with Gasteiger partial charge in [0.15, 0.2) is 0 Å². The molecule has 3 rings (SSSR count). The van der Waals surface area contributed by atoms with Gasteiger partial charge >= 0.3 is 0 Å². The maximum Gasteiger partial charge on any atom is 0.0833 e. The van der Waals surface area contributed by atoms with E-state index in [2.05, 4.69) is 44.2 Å². The average Bonchev–Trinajstić information content (AvgIpc) is 2.45. The molecule has 1 nitrogen and oxygen atoms in total. The van der Waals surface area contributed by atoms with Crippen LogP contribution >= 0.6 is 0 Å². The maximum absolute atomic E-state index is 9.73. The summed E-state index contributed by atoms with van der Waals surface area (Å²) in [6.07, 6.45) is 9.02. The summed E-state index contributed by atoms with van der Waals surface area (Å²) in [7, 11) is 0. The van der Waals surface area contributed by atoms with Crippen molar-refractivity contribution in [3.63, 3.8) is 0 Å². The Kier molecular flexibility index (Phi) is 3.36. The van der Waals surface area contributed by atoms with Gasteiger partial charge in [-0.15, -0.1) is 0 Å². The first kappa shape index (κ1) is 13.7. The normalized spacial score (nSPS) is 23.3. The van der Waals surface area contributed by atoms with Gasteiger partial charge < -0.3 is 0 Å². The summed E-state index contributed by atoms with van der Waals surface area (Å²) >= 11 is 0. The molecular weight excluding hydrogens is 242 g/mol. The molecule has 20 heavy (non-hydrogen) atoms. The molecule has 106 valence electrons. The van der Waals surface area contributed by atoms with Gasteiger partial charge in [0.2, 0.25) is 0 Å². The summed E-state index contributed by atoms with van der Waals surface area (Å²) in [5.41, 5.74) is 2.94. The zero-order valence-corrected chi connectivity index (χ0v) is 12.8. The quantitative estimate of drug-likeness (QED) is 0.711. The van der Waals surface area contributed by atoms with Crippen LogP contribution in [0.2, 0.25) is 0 Å². The van der Waals surface area contributed by atoms with Crippen molar-refractivity contribution in [2.45, 2.75) is 70.1 Å². The van der Waals surface area contributed by atoms with Crippen LogP contribution in [0.3, 0.4) is 0 Å². The standard InChI is InChI=1S/C19H25N/c1-15(2)16-6-8-17(9-7-16)19(14-20)12-18(13-19)10-4-3-5-11-18/h6-9,15H,3-5,10-13H2,1-2H3. The molecule has 2 fully saturated rings. The molecule has 0 radical (unpaired) electrons. The highest BCUT2D eigenvalue weighted by atomic mass is 14.6. The van der Waals surface area contributed by atoms with Crippen LogP contribution in [0.15, 0.2) is 24.3 Å². The summed E-state index contributed by atoms with van der Waals surface area (Å²) in [5.74, 6) is 0.563. The fraction of sp³-hybridized carbons (Fsp3) is 0.632. The maximum atomic E-state index is 9.73. The molecule has 0 heterocycles. The first-order chi connectivity index (χ1) is 9.59. The predicted octanol–water partition coefficient (Wildman–Crippen LogP) is 5.32. The van der Waals surface area contributed by atoms with Crippen molar-refractivity contribution >= 4 is 0 Å². The Labute approximate surface area is 123 Å². The molecule has 2 aliphatic rings. The van der Waals surface area contributed by atoms with E-state index in [0.29, 0.717) is 11.3 Å². The Balaban J connectivity index is 1.80. The van der Waals surface area contributed by atoms with E-state index < -0.39 is 0 Å². The second kappa shape index (κ2) is 4.92. The van der Waals surface area contributed by atoms with Gasteiger partial charge in [0.05, 0.1) is 11.5 Å². The zero-order chi connectivity index (χ0) is 14.2. The summed E-state index contributed by atoms with van der Waals surface area (Å²) in [6.45, 7) is 4.44. The highest BCUT2D eigenvalue weighted by Crippen LogP contribution is 2.61. The minimum Gasteiger partial charge on any atom is -0.197 e. The summed E-state index contributed by atoms with van der Waals surface area (Å²) in [5, 5.41) is 9.73. The van der Waals surface area contributed by atoms with Crippen LogP contribution in [-0.2, 0) is 5.41 Å². The fourth-order valence-corrected chi connectivity index (χ4v) is 4.42. The van der Waals surface area contributed by atoms with Gasteiger partial charge in [-0.2, -0.15) is 5.26 Å². The van der Waals surface area contributed by atoms with Crippen LogP contribution in [0.1, 0.15) is 75.8 Å². The van der Waals surface area contributed by atoms with Crippen LogP contribution in [0.5, 0.6) is 0 Å². The Morgan fingerprint density at radius 2 is 1.60 bits per heavy atom. The Morgan fingerprint density at radius 3 is 2.10 bits per heavy atom.